The number of amides is 1. The Balaban J connectivity index is 1.81. The van der Waals surface area contributed by atoms with Crippen molar-refractivity contribution in [2.24, 2.45) is 0 Å². The van der Waals surface area contributed by atoms with Gasteiger partial charge in [0.1, 0.15) is 17.7 Å². The summed E-state index contributed by atoms with van der Waals surface area (Å²) in [5.74, 6) is -2.06. The van der Waals surface area contributed by atoms with Crippen molar-refractivity contribution >= 4 is 22.8 Å². The van der Waals surface area contributed by atoms with Gasteiger partial charge < -0.3 is 15.5 Å². The summed E-state index contributed by atoms with van der Waals surface area (Å²) in [4.78, 5) is 12.3. The first kappa shape index (κ1) is 19.7. The maximum atomic E-state index is 13.2. The maximum Gasteiger partial charge on any atom is 0.244 e. The third kappa shape index (κ3) is 4.79. The van der Waals surface area contributed by atoms with E-state index in [9.17, 15) is 23.8 Å². The van der Waals surface area contributed by atoms with Crippen molar-refractivity contribution in [3.05, 3.63) is 89.5 Å². The van der Waals surface area contributed by atoms with Crippen molar-refractivity contribution < 1.29 is 23.8 Å². The van der Waals surface area contributed by atoms with Gasteiger partial charge >= 0.3 is 0 Å². The molecule has 2 atom stereocenters. The molecule has 3 aromatic carbocycles. The average molecular weight is 383 g/mol. The lowest BCUT2D eigenvalue weighted by molar-refractivity contribution is -0.118. The summed E-state index contributed by atoms with van der Waals surface area (Å²) < 4.78 is 26.5. The number of nitrogens with one attached hydrogen (secondary N) is 1. The number of aliphatic hydroxyl groups excluding tert-OH is 2. The Hall–Kier alpha value is -3.09. The van der Waals surface area contributed by atoms with Crippen LogP contribution in [0.5, 0.6) is 0 Å². The van der Waals surface area contributed by atoms with E-state index >= 15 is 0 Å². The van der Waals surface area contributed by atoms with E-state index in [-0.39, 0.29) is 5.56 Å². The van der Waals surface area contributed by atoms with Crippen LogP contribution >= 0.6 is 0 Å². The zero-order chi connectivity index (χ0) is 20.1. The molecule has 2 unspecified atom stereocenters. The average Bonchev–Trinajstić information content (AvgIpc) is 2.69. The molecule has 3 aromatic rings. The van der Waals surface area contributed by atoms with E-state index in [1.807, 2.05) is 36.4 Å². The van der Waals surface area contributed by atoms with E-state index in [2.05, 4.69) is 5.32 Å². The predicted molar refractivity (Wildman–Crippen MR) is 103 cm³/mol. The summed E-state index contributed by atoms with van der Waals surface area (Å²) >= 11 is 0. The third-order valence-electron chi connectivity index (χ3n) is 4.31. The van der Waals surface area contributed by atoms with Crippen LogP contribution in [0.3, 0.4) is 0 Å². The molecule has 0 aliphatic carbocycles. The fourth-order valence-electron chi connectivity index (χ4n) is 2.95. The van der Waals surface area contributed by atoms with Crippen LogP contribution < -0.4 is 5.32 Å². The van der Waals surface area contributed by atoms with E-state index in [4.69, 9.17) is 0 Å². The zero-order valence-electron chi connectivity index (χ0n) is 14.8. The van der Waals surface area contributed by atoms with Gasteiger partial charge in [0.15, 0.2) is 0 Å². The summed E-state index contributed by atoms with van der Waals surface area (Å²) in [5, 5.41) is 24.1. The molecule has 0 fully saturated rings. The van der Waals surface area contributed by atoms with Gasteiger partial charge in [-0.15, -0.1) is 0 Å². The Bertz CT molecular complexity index is 999. The van der Waals surface area contributed by atoms with Gasteiger partial charge in [-0.3, -0.25) is 4.79 Å². The first-order chi connectivity index (χ1) is 13.5. The summed E-state index contributed by atoms with van der Waals surface area (Å²) in [6.45, 7) is -0.545. The highest BCUT2D eigenvalue weighted by Gasteiger charge is 2.22. The van der Waals surface area contributed by atoms with Gasteiger partial charge in [-0.2, -0.15) is 0 Å². The number of hydrogen-bond donors (Lipinski definition) is 3. The lowest BCUT2D eigenvalue weighted by Crippen LogP contribution is -2.37. The van der Waals surface area contributed by atoms with Crippen LogP contribution in [0.25, 0.3) is 16.8 Å². The maximum absolute atomic E-state index is 13.2. The molecule has 3 N–H and O–H groups in total. The van der Waals surface area contributed by atoms with Crippen molar-refractivity contribution in [1.29, 1.82) is 0 Å². The second-order valence-corrected chi connectivity index (χ2v) is 6.38. The summed E-state index contributed by atoms with van der Waals surface area (Å²) in [5.41, 5.74) is 0.816. The first-order valence-corrected chi connectivity index (χ1v) is 8.68. The molecule has 0 aromatic heterocycles. The number of hydrogen-bond acceptors (Lipinski definition) is 3. The third-order valence-corrected chi connectivity index (χ3v) is 4.31. The van der Waals surface area contributed by atoms with Gasteiger partial charge in [0.2, 0.25) is 5.91 Å². The molecule has 0 bridgehead atoms. The second kappa shape index (κ2) is 8.73. The molecule has 0 saturated heterocycles. The molecule has 1 amide bonds. The molecular formula is C22H19F2NO3. The van der Waals surface area contributed by atoms with E-state index in [0.29, 0.717) is 5.56 Å². The van der Waals surface area contributed by atoms with Crippen LogP contribution in [0.15, 0.2) is 66.7 Å². The molecule has 0 spiro atoms. The highest BCUT2D eigenvalue weighted by Crippen LogP contribution is 2.23. The van der Waals surface area contributed by atoms with Crippen LogP contribution in [0, 0.1) is 11.6 Å². The van der Waals surface area contributed by atoms with Crippen molar-refractivity contribution in [2.75, 3.05) is 6.61 Å². The van der Waals surface area contributed by atoms with Crippen molar-refractivity contribution in [3.8, 4) is 0 Å². The number of carbonyl (C=O) groups is 1. The number of aliphatic hydroxyl groups is 2. The fourth-order valence-corrected chi connectivity index (χ4v) is 2.95. The molecule has 0 radical (unpaired) electrons. The minimum atomic E-state index is -1.22. The second-order valence-electron chi connectivity index (χ2n) is 6.38. The SMILES string of the molecule is O=C(C=Cc1cc(F)cc(F)c1)NC(c1ccc2ccccc2c1)C(O)CO. The highest BCUT2D eigenvalue weighted by molar-refractivity contribution is 5.92. The Kier molecular flexibility index (Phi) is 6.13. The van der Waals surface area contributed by atoms with Crippen LogP contribution in [-0.4, -0.2) is 28.8 Å². The van der Waals surface area contributed by atoms with Crippen molar-refractivity contribution in [1.82, 2.24) is 5.32 Å². The van der Waals surface area contributed by atoms with Crippen LogP contribution in [0.4, 0.5) is 8.78 Å². The minimum Gasteiger partial charge on any atom is -0.394 e. The van der Waals surface area contributed by atoms with E-state index in [1.165, 1.54) is 6.08 Å². The Morgan fingerprint density at radius 2 is 1.68 bits per heavy atom. The molecule has 0 aliphatic rings. The van der Waals surface area contributed by atoms with Crippen molar-refractivity contribution in [2.45, 2.75) is 12.1 Å². The van der Waals surface area contributed by atoms with E-state index in [1.54, 1.807) is 6.07 Å². The largest absolute Gasteiger partial charge is 0.394 e. The highest BCUT2D eigenvalue weighted by atomic mass is 19.1. The van der Waals surface area contributed by atoms with E-state index in [0.717, 1.165) is 35.0 Å². The fraction of sp³-hybridized carbons (Fsp3) is 0.136. The van der Waals surface area contributed by atoms with Crippen LogP contribution in [-0.2, 0) is 4.79 Å². The molecule has 28 heavy (non-hydrogen) atoms. The quantitative estimate of drug-likeness (QED) is 0.572. The first-order valence-electron chi connectivity index (χ1n) is 8.68. The van der Waals surface area contributed by atoms with Crippen LogP contribution in [0.1, 0.15) is 17.2 Å². The monoisotopic (exact) mass is 383 g/mol. The number of halogens is 2. The molecule has 144 valence electrons. The Morgan fingerprint density at radius 3 is 2.36 bits per heavy atom. The standard InChI is InChI=1S/C22H19F2NO3/c23-18-9-14(10-19(24)12-18)5-8-21(28)25-22(20(27)13-26)17-7-6-15-3-1-2-4-16(15)11-17/h1-12,20,22,26-27H,13H2,(H,25,28). The smallest absolute Gasteiger partial charge is 0.244 e. The van der Waals surface area contributed by atoms with E-state index < -0.39 is 36.3 Å². The van der Waals surface area contributed by atoms with Gasteiger partial charge in [-0.25, -0.2) is 8.78 Å². The van der Waals surface area contributed by atoms with Gasteiger partial charge in [-0.05, 0) is 46.2 Å². The molecule has 0 heterocycles. The molecule has 3 rings (SSSR count). The van der Waals surface area contributed by atoms with Crippen molar-refractivity contribution in [3.63, 3.8) is 0 Å². The summed E-state index contributed by atoms with van der Waals surface area (Å²) in [7, 11) is 0. The minimum absolute atomic E-state index is 0.192. The van der Waals surface area contributed by atoms with Crippen LogP contribution in [0.2, 0.25) is 0 Å². The zero-order valence-corrected chi connectivity index (χ0v) is 14.8. The number of fused-ring (bicyclic) bond motifs is 1. The number of benzene rings is 3. The molecule has 0 saturated carbocycles. The lowest BCUT2D eigenvalue weighted by atomic mass is 9.98. The summed E-state index contributed by atoms with van der Waals surface area (Å²) in [6.07, 6.45) is 1.17. The lowest BCUT2D eigenvalue weighted by Gasteiger charge is -2.23. The van der Waals surface area contributed by atoms with Gasteiger partial charge in [-0.1, -0.05) is 36.4 Å². The Labute approximate surface area is 160 Å². The van der Waals surface area contributed by atoms with Gasteiger partial charge in [0.25, 0.3) is 0 Å². The Morgan fingerprint density at radius 1 is 1.00 bits per heavy atom. The molecular weight excluding hydrogens is 364 g/mol. The summed E-state index contributed by atoms with van der Waals surface area (Å²) in [6, 6.07) is 15.2. The molecule has 4 nitrogen and oxygen atoms in total. The normalized spacial score (nSPS) is 13.6. The van der Waals surface area contributed by atoms with Gasteiger partial charge in [0.05, 0.1) is 12.6 Å². The number of rotatable bonds is 6. The molecule has 6 heteroatoms. The topological polar surface area (TPSA) is 69.6 Å². The number of carbonyl (C=O) groups excluding carboxylic acids is 1. The molecule has 0 aliphatic heterocycles. The van der Waals surface area contributed by atoms with Gasteiger partial charge in [0, 0.05) is 12.1 Å². The predicted octanol–water partition coefficient (Wildman–Crippen LogP) is 3.34.